The van der Waals surface area contributed by atoms with Gasteiger partial charge in [-0.25, -0.2) is 9.78 Å². The van der Waals surface area contributed by atoms with E-state index in [-0.39, 0.29) is 12.3 Å². The van der Waals surface area contributed by atoms with Gasteiger partial charge in [0.25, 0.3) is 0 Å². The Balaban J connectivity index is 1.99. The molecular weight excluding hydrogens is 272 g/mol. The minimum Gasteiger partial charge on any atom is -0.465 e. The van der Waals surface area contributed by atoms with E-state index in [1.807, 2.05) is 0 Å². The number of aromatic nitrogens is 1. The summed E-state index contributed by atoms with van der Waals surface area (Å²) in [7, 11) is 1.32. The molecule has 0 bridgehead atoms. The third-order valence-corrected chi connectivity index (χ3v) is 2.91. The smallest absolute Gasteiger partial charge is 0.337 e. The van der Waals surface area contributed by atoms with E-state index < -0.39 is 5.97 Å². The lowest BCUT2D eigenvalue weighted by atomic mass is 10.2. The number of aryl methyl sites for hydroxylation is 2. The molecule has 1 amide bonds. The topological polar surface area (TPSA) is 81.4 Å². The lowest BCUT2D eigenvalue weighted by Gasteiger charge is -2.05. The number of nitrogens with zero attached hydrogens (tertiary/aromatic N) is 1. The van der Waals surface area contributed by atoms with Crippen LogP contribution in [-0.4, -0.2) is 24.0 Å². The van der Waals surface area contributed by atoms with Gasteiger partial charge in [0.05, 0.1) is 24.8 Å². The summed E-state index contributed by atoms with van der Waals surface area (Å²) < 4.78 is 9.96. The van der Waals surface area contributed by atoms with Gasteiger partial charge < -0.3 is 14.5 Å². The highest BCUT2D eigenvalue weighted by Crippen LogP contribution is 2.13. The molecule has 0 aliphatic rings. The van der Waals surface area contributed by atoms with E-state index in [1.165, 1.54) is 7.11 Å². The number of carbonyl (C=O) groups excluding carboxylic acids is 2. The number of esters is 1. The number of anilines is 1. The van der Waals surface area contributed by atoms with E-state index in [2.05, 4.69) is 15.0 Å². The molecule has 21 heavy (non-hydrogen) atoms. The fourth-order valence-corrected chi connectivity index (χ4v) is 1.90. The lowest BCUT2D eigenvalue weighted by Crippen LogP contribution is -2.14. The van der Waals surface area contributed by atoms with Gasteiger partial charge in [0.1, 0.15) is 5.76 Å². The summed E-state index contributed by atoms with van der Waals surface area (Å²) in [6.07, 6.45) is 0.116. The molecule has 0 aliphatic heterocycles. The van der Waals surface area contributed by atoms with E-state index in [0.29, 0.717) is 28.6 Å². The maximum atomic E-state index is 11.9. The minimum absolute atomic E-state index is 0.116. The number of hydrogen-bond acceptors (Lipinski definition) is 5. The molecule has 2 aromatic rings. The zero-order chi connectivity index (χ0) is 15.4. The Kier molecular flexibility index (Phi) is 4.37. The molecular formula is C15H16N2O4. The predicted molar refractivity (Wildman–Crippen MR) is 76.1 cm³/mol. The SMILES string of the molecule is COC(=O)c1ccc(NC(=O)Cc2oc(C)nc2C)cc1. The Bertz CT molecular complexity index is 659. The Labute approximate surface area is 122 Å². The van der Waals surface area contributed by atoms with Crippen molar-refractivity contribution in [1.29, 1.82) is 0 Å². The lowest BCUT2D eigenvalue weighted by molar-refractivity contribution is -0.115. The number of ether oxygens (including phenoxy) is 1. The largest absolute Gasteiger partial charge is 0.465 e. The van der Waals surface area contributed by atoms with Crippen molar-refractivity contribution < 1.29 is 18.7 Å². The number of benzene rings is 1. The Hall–Kier alpha value is -2.63. The molecule has 0 unspecified atom stereocenters. The molecule has 2 rings (SSSR count). The first kappa shape index (κ1) is 14.8. The van der Waals surface area contributed by atoms with Gasteiger partial charge in [0.2, 0.25) is 5.91 Å². The highest BCUT2D eigenvalue weighted by Gasteiger charge is 2.12. The molecule has 0 radical (unpaired) electrons. The van der Waals surface area contributed by atoms with Crippen molar-refractivity contribution in [2.75, 3.05) is 12.4 Å². The van der Waals surface area contributed by atoms with Crippen LogP contribution < -0.4 is 5.32 Å². The molecule has 0 saturated carbocycles. The van der Waals surface area contributed by atoms with Gasteiger partial charge in [-0.1, -0.05) is 0 Å². The maximum Gasteiger partial charge on any atom is 0.337 e. The Morgan fingerprint density at radius 3 is 2.43 bits per heavy atom. The van der Waals surface area contributed by atoms with Crippen LogP contribution >= 0.6 is 0 Å². The molecule has 6 heteroatoms. The summed E-state index contributed by atoms with van der Waals surface area (Å²) in [6, 6.07) is 6.46. The van der Waals surface area contributed by atoms with Crippen LogP contribution in [-0.2, 0) is 16.0 Å². The monoisotopic (exact) mass is 288 g/mol. The second-order valence-corrected chi connectivity index (χ2v) is 4.54. The quantitative estimate of drug-likeness (QED) is 0.873. The molecule has 6 nitrogen and oxygen atoms in total. The van der Waals surface area contributed by atoms with E-state index in [1.54, 1.807) is 38.1 Å². The molecule has 1 aromatic heterocycles. The third-order valence-electron chi connectivity index (χ3n) is 2.91. The number of methoxy groups -OCH3 is 1. The van der Waals surface area contributed by atoms with Crippen molar-refractivity contribution >= 4 is 17.6 Å². The van der Waals surface area contributed by atoms with E-state index in [0.717, 1.165) is 0 Å². The Morgan fingerprint density at radius 2 is 1.90 bits per heavy atom. The molecule has 110 valence electrons. The van der Waals surface area contributed by atoms with Crippen LogP contribution in [0, 0.1) is 13.8 Å². The number of rotatable bonds is 4. The standard InChI is InChI=1S/C15H16N2O4/c1-9-13(21-10(2)16-9)8-14(18)17-12-6-4-11(5-7-12)15(19)20-3/h4-7H,8H2,1-3H3,(H,17,18). The zero-order valence-corrected chi connectivity index (χ0v) is 12.1. The van der Waals surface area contributed by atoms with Crippen molar-refractivity contribution in [3.05, 3.63) is 47.2 Å². The van der Waals surface area contributed by atoms with Crippen molar-refractivity contribution in [1.82, 2.24) is 4.98 Å². The second kappa shape index (κ2) is 6.21. The third kappa shape index (κ3) is 3.68. The molecule has 1 aromatic carbocycles. The van der Waals surface area contributed by atoms with Gasteiger partial charge >= 0.3 is 5.97 Å². The maximum absolute atomic E-state index is 11.9. The number of carbonyl (C=O) groups is 2. The van der Waals surface area contributed by atoms with Crippen molar-refractivity contribution in [3.63, 3.8) is 0 Å². The van der Waals surface area contributed by atoms with E-state index in [4.69, 9.17) is 4.42 Å². The van der Waals surface area contributed by atoms with Crippen LogP contribution in [0.15, 0.2) is 28.7 Å². The average Bonchev–Trinajstić information content (AvgIpc) is 2.76. The van der Waals surface area contributed by atoms with E-state index in [9.17, 15) is 9.59 Å². The van der Waals surface area contributed by atoms with Crippen LogP contribution in [0.5, 0.6) is 0 Å². The number of nitrogens with one attached hydrogen (secondary N) is 1. The van der Waals surface area contributed by atoms with Crippen LogP contribution in [0.1, 0.15) is 27.7 Å². The van der Waals surface area contributed by atoms with Crippen molar-refractivity contribution in [2.45, 2.75) is 20.3 Å². The summed E-state index contributed by atoms with van der Waals surface area (Å²) in [6.45, 7) is 3.53. The number of oxazole rings is 1. The average molecular weight is 288 g/mol. The van der Waals surface area contributed by atoms with Gasteiger partial charge in [0, 0.05) is 12.6 Å². The van der Waals surface area contributed by atoms with Gasteiger partial charge in [-0.05, 0) is 31.2 Å². The van der Waals surface area contributed by atoms with Crippen molar-refractivity contribution in [3.8, 4) is 0 Å². The first-order valence-corrected chi connectivity index (χ1v) is 6.40. The predicted octanol–water partition coefficient (Wildman–Crippen LogP) is 2.26. The van der Waals surface area contributed by atoms with Gasteiger partial charge in [-0.2, -0.15) is 0 Å². The highest BCUT2D eigenvalue weighted by molar-refractivity contribution is 5.93. The zero-order valence-electron chi connectivity index (χ0n) is 12.1. The van der Waals surface area contributed by atoms with Crippen LogP contribution in [0.2, 0.25) is 0 Å². The summed E-state index contributed by atoms with van der Waals surface area (Å²) >= 11 is 0. The van der Waals surface area contributed by atoms with Gasteiger partial charge in [-0.15, -0.1) is 0 Å². The van der Waals surface area contributed by atoms with Gasteiger partial charge in [0.15, 0.2) is 5.89 Å². The van der Waals surface area contributed by atoms with Gasteiger partial charge in [-0.3, -0.25) is 4.79 Å². The Morgan fingerprint density at radius 1 is 1.24 bits per heavy atom. The highest BCUT2D eigenvalue weighted by atomic mass is 16.5. The van der Waals surface area contributed by atoms with Crippen LogP contribution in [0.3, 0.4) is 0 Å². The molecule has 0 spiro atoms. The minimum atomic E-state index is -0.416. The second-order valence-electron chi connectivity index (χ2n) is 4.54. The summed E-state index contributed by atoms with van der Waals surface area (Å²) in [4.78, 5) is 27.3. The van der Waals surface area contributed by atoms with Crippen molar-refractivity contribution in [2.24, 2.45) is 0 Å². The first-order chi connectivity index (χ1) is 9.99. The molecule has 0 atom stereocenters. The normalized spacial score (nSPS) is 10.2. The first-order valence-electron chi connectivity index (χ1n) is 6.40. The molecule has 1 N–H and O–H groups in total. The van der Waals surface area contributed by atoms with E-state index >= 15 is 0 Å². The molecule has 1 heterocycles. The summed E-state index contributed by atoms with van der Waals surface area (Å²) in [5, 5.41) is 2.73. The van der Waals surface area contributed by atoms with Crippen LogP contribution in [0.25, 0.3) is 0 Å². The fourth-order valence-electron chi connectivity index (χ4n) is 1.90. The molecule has 0 aliphatic carbocycles. The molecule has 0 saturated heterocycles. The number of hydrogen-bond donors (Lipinski definition) is 1. The number of amides is 1. The summed E-state index contributed by atoms with van der Waals surface area (Å²) in [5.74, 6) is 0.467. The van der Waals surface area contributed by atoms with Crippen LogP contribution in [0.4, 0.5) is 5.69 Å². The fraction of sp³-hybridized carbons (Fsp3) is 0.267. The summed E-state index contributed by atoms with van der Waals surface area (Å²) in [5.41, 5.74) is 1.74. The molecule has 0 fully saturated rings.